The molecule has 0 spiro atoms. The monoisotopic (exact) mass is 427 g/mol. The Hall–Kier alpha value is -2.61. The Morgan fingerprint density at radius 2 is 1.86 bits per heavy atom. The maximum absolute atomic E-state index is 13.2. The fourth-order valence-corrected chi connectivity index (χ4v) is 5.05. The fraction of sp³-hybridized carbons (Fsp3) is 0.238. The predicted octanol–water partition coefficient (Wildman–Crippen LogP) is 3.54. The molecule has 0 radical (unpaired) electrons. The van der Waals surface area contributed by atoms with Crippen molar-refractivity contribution in [3.8, 4) is 11.3 Å². The number of nitrogens with zero attached hydrogens (tertiary/aromatic N) is 3. The zero-order valence-electron chi connectivity index (χ0n) is 15.9. The maximum atomic E-state index is 13.2. The van der Waals surface area contributed by atoms with Crippen molar-refractivity contribution in [1.82, 2.24) is 13.7 Å². The summed E-state index contributed by atoms with van der Waals surface area (Å²) in [5.74, 6) is 0. The summed E-state index contributed by atoms with van der Waals surface area (Å²) in [7, 11) is 3.22. The molecule has 0 saturated heterocycles. The van der Waals surface area contributed by atoms with Gasteiger partial charge in [0, 0.05) is 30.5 Å². The first-order valence-corrected chi connectivity index (χ1v) is 10.5. The van der Waals surface area contributed by atoms with Crippen LogP contribution in [0.4, 0.5) is 0 Å². The predicted molar refractivity (Wildman–Crippen MR) is 115 cm³/mol. The minimum atomic E-state index is -0.353. The number of fused-ring (bicyclic) bond motifs is 3. The molecule has 148 valence electrons. The van der Waals surface area contributed by atoms with Gasteiger partial charge in [-0.2, -0.15) is 0 Å². The van der Waals surface area contributed by atoms with E-state index in [-0.39, 0.29) is 17.4 Å². The topological polar surface area (TPSA) is 58.2 Å². The second-order valence-corrected chi connectivity index (χ2v) is 8.50. The number of aryl methyl sites for hydroxylation is 1. The van der Waals surface area contributed by atoms with Crippen LogP contribution in [0.15, 0.2) is 51.4 Å². The zero-order valence-corrected chi connectivity index (χ0v) is 17.5. The lowest BCUT2D eigenvalue weighted by atomic mass is 10.1. The highest BCUT2D eigenvalue weighted by molar-refractivity contribution is 7.10. The van der Waals surface area contributed by atoms with Gasteiger partial charge in [-0.15, -0.1) is 11.3 Å². The molecule has 0 aliphatic carbocycles. The molecule has 0 amide bonds. The molecule has 1 aliphatic heterocycles. The van der Waals surface area contributed by atoms with Gasteiger partial charge in [0.05, 0.1) is 28.9 Å². The number of hydrogen-bond donors (Lipinski definition) is 0. The average Bonchev–Trinajstić information content (AvgIpc) is 3.37. The van der Waals surface area contributed by atoms with Crippen LogP contribution in [-0.2, 0) is 25.4 Å². The molecular formula is C21H18ClN3O3S. The molecule has 1 aromatic carbocycles. The molecule has 6 nitrogen and oxygen atoms in total. The van der Waals surface area contributed by atoms with Crippen molar-refractivity contribution < 1.29 is 4.74 Å². The lowest BCUT2D eigenvalue weighted by Gasteiger charge is -2.26. The number of benzene rings is 1. The highest BCUT2D eigenvalue weighted by atomic mass is 35.5. The third-order valence-electron chi connectivity index (χ3n) is 5.47. The Morgan fingerprint density at radius 1 is 1.10 bits per heavy atom. The van der Waals surface area contributed by atoms with Crippen LogP contribution in [0.2, 0.25) is 5.02 Å². The second kappa shape index (κ2) is 6.73. The van der Waals surface area contributed by atoms with Crippen molar-refractivity contribution in [3.63, 3.8) is 0 Å². The Kier molecular flexibility index (Phi) is 4.27. The van der Waals surface area contributed by atoms with Crippen LogP contribution in [0.3, 0.4) is 0 Å². The molecule has 5 rings (SSSR count). The number of aromatic nitrogens is 3. The molecule has 4 heterocycles. The van der Waals surface area contributed by atoms with E-state index in [0.717, 1.165) is 26.4 Å². The molecule has 29 heavy (non-hydrogen) atoms. The van der Waals surface area contributed by atoms with E-state index in [1.54, 1.807) is 23.0 Å². The summed E-state index contributed by atoms with van der Waals surface area (Å²) in [6.07, 6.45) is -0.329. The van der Waals surface area contributed by atoms with Gasteiger partial charge in [0.25, 0.3) is 5.56 Å². The highest BCUT2D eigenvalue weighted by Gasteiger charge is 2.33. The van der Waals surface area contributed by atoms with E-state index in [1.807, 2.05) is 41.8 Å². The van der Waals surface area contributed by atoms with Crippen LogP contribution in [0.25, 0.3) is 22.2 Å². The number of thiophene rings is 1. The smallest absolute Gasteiger partial charge is 0.331 e. The quantitative estimate of drug-likeness (QED) is 0.491. The fourth-order valence-electron chi connectivity index (χ4n) is 4.14. The van der Waals surface area contributed by atoms with E-state index in [0.29, 0.717) is 29.1 Å². The summed E-state index contributed by atoms with van der Waals surface area (Å²) in [4.78, 5) is 27.0. The lowest BCUT2D eigenvalue weighted by molar-refractivity contribution is 0.0500. The van der Waals surface area contributed by atoms with E-state index < -0.39 is 0 Å². The minimum absolute atomic E-state index is 0.306. The van der Waals surface area contributed by atoms with Gasteiger partial charge in [0.2, 0.25) is 0 Å². The van der Waals surface area contributed by atoms with E-state index in [4.69, 9.17) is 16.3 Å². The Bertz CT molecular complexity index is 1350. The molecule has 0 unspecified atom stereocenters. The average molecular weight is 428 g/mol. The second-order valence-electron chi connectivity index (χ2n) is 7.09. The minimum Gasteiger partial charge on any atom is -0.364 e. The highest BCUT2D eigenvalue weighted by Crippen LogP contribution is 2.41. The van der Waals surface area contributed by atoms with E-state index >= 15 is 0 Å². The first-order chi connectivity index (χ1) is 14.0. The van der Waals surface area contributed by atoms with Crippen LogP contribution in [0.1, 0.15) is 16.7 Å². The van der Waals surface area contributed by atoms with Crippen molar-refractivity contribution in [1.29, 1.82) is 0 Å². The largest absolute Gasteiger partial charge is 0.364 e. The van der Waals surface area contributed by atoms with E-state index in [9.17, 15) is 9.59 Å². The maximum Gasteiger partial charge on any atom is 0.331 e. The SMILES string of the molecule is Cn1c(=O)c2c(-c3ccc(Cl)cc3)n3c(c2n(C)c1=O)[C@@H](c1cccs1)OCC3. The standard InChI is InChI=1S/C21H18ClN3O3S/c1-23-17-15(20(26)24(2)21(23)27)16(12-5-7-13(22)8-6-12)25-9-10-28-19(18(17)25)14-4-3-11-29-14/h3-8,11,19H,9-10H2,1-2H3/t19-/m1/s1. The molecule has 0 fully saturated rings. The Morgan fingerprint density at radius 3 is 2.55 bits per heavy atom. The molecule has 1 atom stereocenters. The van der Waals surface area contributed by atoms with Gasteiger partial charge in [-0.25, -0.2) is 4.79 Å². The van der Waals surface area contributed by atoms with Gasteiger partial charge in [0.1, 0.15) is 6.10 Å². The van der Waals surface area contributed by atoms with Crippen LogP contribution >= 0.6 is 22.9 Å². The first-order valence-electron chi connectivity index (χ1n) is 9.22. The van der Waals surface area contributed by atoms with Gasteiger partial charge in [0.15, 0.2) is 0 Å². The third-order valence-corrected chi connectivity index (χ3v) is 6.64. The summed E-state index contributed by atoms with van der Waals surface area (Å²) in [6, 6.07) is 11.4. The first kappa shape index (κ1) is 18.4. The number of ether oxygens (including phenoxy) is 1. The Balaban J connectivity index is 1.97. The van der Waals surface area contributed by atoms with E-state index in [1.165, 1.54) is 7.05 Å². The summed E-state index contributed by atoms with van der Waals surface area (Å²) >= 11 is 7.69. The summed E-state index contributed by atoms with van der Waals surface area (Å²) < 4.78 is 11.0. The lowest BCUT2D eigenvalue weighted by Crippen LogP contribution is -2.37. The zero-order chi connectivity index (χ0) is 20.3. The summed E-state index contributed by atoms with van der Waals surface area (Å²) in [6.45, 7) is 1.12. The van der Waals surface area contributed by atoms with Gasteiger partial charge in [-0.3, -0.25) is 13.9 Å². The molecular weight excluding hydrogens is 410 g/mol. The van der Waals surface area contributed by atoms with Crippen molar-refractivity contribution in [2.45, 2.75) is 12.6 Å². The van der Waals surface area contributed by atoms with Crippen LogP contribution < -0.4 is 11.2 Å². The normalized spacial score (nSPS) is 16.3. The van der Waals surface area contributed by atoms with Crippen LogP contribution in [-0.4, -0.2) is 20.3 Å². The molecule has 3 aromatic heterocycles. The molecule has 4 aromatic rings. The molecule has 0 saturated carbocycles. The van der Waals surface area contributed by atoms with Gasteiger partial charge in [-0.1, -0.05) is 29.8 Å². The molecule has 1 aliphatic rings. The van der Waals surface area contributed by atoms with Gasteiger partial charge in [-0.05, 0) is 29.1 Å². The summed E-state index contributed by atoms with van der Waals surface area (Å²) in [5, 5.41) is 3.16. The van der Waals surface area contributed by atoms with Crippen molar-refractivity contribution in [2.75, 3.05) is 6.61 Å². The van der Waals surface area contributed by atoms with Crippen LogP contribution in [0, 0.1) is 0 Å². The number of hydrogen-bond acceptors (Lipinski definition) is 4. The molecule has 8 heteroatoms. The van der Waals surface area contributed by atoms with Crippen molar-refractivity contribution in [2.24, 2.45) is 14.1 Å². The van der Waals surface area contributed by atoms with E-state index in [2.05, 4.69) is 4.57 Å². The number of halogens is 1. The van der Waals surface area contributed by atoms with Gasteiger partial charge >= 0.3 is 5.69 Å². The van der Waals surface area contributed by atoms with Crippen molar-refractivity contribution >= 4 is 33.8 Å². The third kappa shape index (κ3) is 2.65. The van der Waals surface area contributed by atoms with Crippen LogP contribution in [0.5, 0.6) is 0 Å². The Labute approximate surface area is 175 Å². The van der Waals surface area contributed by atoms with Gasteiger partial charge < -0.3 is 9.30 Å². The summed E-state index contributed by atoms with van der Waals surface area (Å²) in [5.41, 5.74) is 2.49. The van der Waals surface area contributed by atoms with Crippen molar-refractivity contribution in [3.05, 3.63) is 78.2 Å². The molecule has 0 N–H and O–H groups in total. The number of rotatable bonds is 2. The molecule has 0 bridgehead atoms.